The van der Waals surface area contributed by atoms with Crippen molar-refractivity contribution in [3.8, 4) is 5.75 Å². The minimum Gasteiger partial charge on any atom is -0.507 e. The Kier molecular flexibility index (Phi) is 7.28. The number of hydrogen-bond donors (Lipinski definition) is 2. The Bertz CT molecular complexity index is 1280. The highest BCUT2D eigenvalue weighted by molar-refractivity contribution is 6.43. The van der Waals surface area contributed by atoms with Crippen molar-refractivity contribution in [1.29, 1.82) is 0 Å². The van der Waals surface area contributed by atoms with Gasteiger partial charge in [-0.05, 0) is 73.9 Å². The molecule has 7 heteroatoms. The largest absolute Gasteiger partial charge is 0.507 e. The molecule has 194 valence electrons. The van der Waals surface area contributed by atoms with E-state index < -0.39 is 7.12 Å². The maximum atomic E-state index is 13.3. The van der Waals surface area contributed by atoms with Crippen LogP contribution >= 0.6 is 0 Å². The van der Waals surface area contributed by atoms with Crippen LogP contribution in [0.5, 0.6) is 5.75 Å². The summed E-state index contributed by atoms with van der Waals surface area (Å²) in [5, 5.41) is 22.7. The predicted octanol–water partition coefficient (Wildman–Crippen LogP) is 5.35. The molecule has 6 nitrogen and oxygen atoms in total. The van der Waals surface area contributed by atoms with Gasteiger partial charge in [0.15, 0.2) is 0 Å². The van der Waals surface area contributed by atoms with Crippen molar-refractivity contribution in [3.63, 3.8) is 0 Å². The molecule has 2 amide bonds. The van der Waals surface area contributed by atoms with Gasteiger partial charge in [0, 0.05) is 11.9 Å². The van der Waals surface area contributed by atoms with Crippen LogP contribution in [0, 0.1) is 17.8 Å². The van der Waals surface area contributed by atoms with Crippen LogP contribution in [0.2, 0.25) is 6.32 Å². The Morgan fingerprint density at radius 1 is 1.11 bits per heavy atom. The highest BCUT2D eigenvalue weighted by atomic mass is 16.5. The van der Waals surface area contributed by atoms with E-state index >= 15 is 0 Å². The van der Waals surface area contributed by atoms with E-state index in [-0.39, 0.29) is 41.4 Å². The molecular weight excluding hydrogens is 465 g/mol. The number of amides is 2. The molecule has 1 aliphatic carbocycles. The Labute approximate surface area is 219 Å². The number of carbonyl (C=O) groups is 2. The minimum atomic E-state index is -0.941. The summed E-state index contributed by atoms with van der Waals surface area (Å²) in [4.78, 5) is 27.8. The van der Waals surface area contributed by atoms with Crippen LogP contribution in [-0.2, 0) is 14.2 Å². The molecule has 0 aromatic heterocycles. The molecule has 0 spiro atoms. The highest BCUT2D eigenvalue weighted by Gasteiger charge is 2.56. The molecule has 2 heterocycles. The normalized spacial score (nSPS) is 26.2. The average molecular weight is 501 g/mol. The second-order valence-corrected chi connectivity index (χ2v) is 10.7. The molecule has 37 heavy (non-hydrogen) atoms. The Hall–Kier alpha value is -2.90. The van der Waals surface area contributed by atoms with Gasteiger partial charge in [0.1, 0.15) is 5.75 Å². The number of nitrogens with zero attached hydrogens (tertiary/aromatic N) is 1. The van der Waals surface area contributed by atoms with E-state index in [4.69, 9.17) is 4.65 Å². The number of hydrogen-bond acceptors (Lipinski definition) is 5. The first-order valence-corrected chi connectivity index (χ1v) is 13.6. The van der Waals surface area contributed by atoms with Gasteiger partial charge >= 0.3 is 7.12 Å². The number of likely N-dealkylation sites (tertiary alicyclic amines) is 1. The van der Waals surface area contributed by atoms with Gasteiger partial charge in [0.2, 0.25) is 11.8 Å². The van der Waals surface area contributed by atoms with Gasteiger partial charge in [-0.15, -0.1) is 0 Å². The number of benzene rings is 2. The topological polar surface area (TPSA) is 87.1 Å². The Morgan fingerprint density at radius 3 is 2.59 bits per heavy atom. The summed E-state index contributed by atoms with van der Waals surface area (Å²) in [6.45, 7) is 6.64. The summed E-state index contributed by atoms with van der Waals surface area (Å²) < 4.78 is 6.07. The van der Waals surface area contributed by atoms with Crippen LogP contribution in [0.1, 0.15) is 58.4 Å². The zero-order chi connectivity index (χ0) is 26.3. The number of imide groups is 1. The summed E-state index contributed by atoms with van der Waals surface area (Å²) in [6.07, 6.45) is 5.98. The maximum Gasteiger partial charge on any atom is 0.455 e. The highest BCUT2D eigenvalue weighted by Crippen LogP contribution is 2.50. The molecule has 2 fully saturated rings. The molecule has 0 bridgehead atoms. The smallest absolute Gasteiger partial charge is 0.455 e. The fraction of sp³-hybridized carbons (Fsp3) is 0.467. The van der Waals surface area contributed by atoms with E-state index in [0.717, 1.165) is 46.7 Å². The van der Waals surface area contributed by atoms with Crippen molar-refractivity contribution < 1.29 is 24.4 Å². The second-order valence-electron chi connectivity index (χ2n) is 10.7. The van der Waals surface area contributed by atoms with Crippen molar-refractivity contribution >= 4 is 35.8 Å². The number of phenolic OH excluding ortho intramolecular Hbond substituents is 1. The molecule has 4 atom stereocenters. The SMILES string of the molecule is CCCN1C(=O)[C@@H]2[C@@H](CC(C)=C3[C@@H](CC/C(=C/c4ccc(O)c5ccccc45)CC)OB(O)C[C@@H]32)C1=O. The number of allylic oxidation sites excluding steroid dienone is 2. The average Bonchev–Trinajstić information content (AvgIpc) is 3.12. The number of rotatable bonds is 7. The summed E-state index contributed by atoms with van der Waals surface area (Å²) >= 11 is 0. The van der Waals surface area contributed by atoms with Crippen molar-refractivity contribution in [2.45, 2.75) is 65.3 Å². The van der Waals surface area contributed by atoms with Gasteiger partial charge < -0.3 is 14.8 Å². The molecule has 2 aliphatic heterocycles. The number of fused-ring (bicyclic) bond motifs is 4. The molecule has 2 aromatic carbocycles. The molecule has 0 unspecified atom stereocenters. The van der Waals surface area contributed by atoms with Crippen molar-refractivity contribution in [3.05, 3.63) is 58.7 Å². The molecule has 3 aliphatic rings. The number of carbonyl (C=O) groups excluding carboxylic acids is 2. The van der Waals surface area contributed by atoms with Gasteiger partial charge in [0.25, 0.3) is 0 Å². The first-order chi connectivity index (χ1) is 17.8. The van der Waals surface area contributed by atoms with E-state index in [1.54, 1.807) is 6.07 Å². The van der Waals surface area contributed by atoms with Gasteiger partial charge in [-0.1, -0.05) is 61.4 Å². The monoisotopic (exact) mass is 501 g/mol. The van der Waals surface area contributed by atoms with E-state index in [2.05, 4.69) is 19.9 Å². The van der Waals surface area contributed by atoms with Crippen LogP contribution in [-0.4, -0.2) is 46.6 Å². The maximum absolute atomic E-state index is 13.3. The van der Waals surface area contributed by atoms with Crippen LogP contribution < -0.4 is 0 Å². The third kappa shape index (κ3) is 4.64. The molecular formula is C30H36BNO5. The molecule has 5 rings (SSSR count). The van der Waals surface area contributed by atoms with E-state index in [1.807, 2.05) is 37.3 Å². The van der Waals surface area contributed by atoms with E-state index in [9.17, 15) is 19.7 Å². The molecule has 2 N–H and O–H groups in total. The first-order valence-electron chi connectivity index (χ1n) is 13.6. The van der Waals surface area contributed by atoms with Gasteiger partial charge in [0.05, 0.1) is 17.9 Å². The van der Waals surface area contributed by atoms with E-state index in [1.165, 1.54) is 10.5 Å². The fourth-order valence-corrected chi connectivity index (χ4v) is 6.75. The van der Waals surface area contributed by atoms with Gasteiger partial charge in [-0.3, -0.25) is 14.5 Å². The minimum absolute atomic E-state index is 0.0508. The Morgan fingerprint density at radius 2 is 1.86 bits per heavy atom. The van der Waals surface area contributed by atoms with Crippen LogP contribution in [0.25, 0.3) is 16.8 Å². The lowest BCUT2D eigenvalue weighted by Gasteiger charge is -2.42. The van der Waals surface area contributed by atoms with Crippen LogP contribution in [0.3, 0.4) is 0 Å². The molecule has 2 aromatic rings. The molecule has 0 saturated carbocycles. The van der Waals surface area contributed by atoms with E-state index in [0.29, 0.717) is 25.7 Å². The lowest BCUT2D eigenvalue weighted by atomic mass is 9.59. The quantitative estimate of drug-likeness (QED) is 0.304. The van der Waals surface area contributed by atoms with Crippen LogP contribution in [0.4, 0.5) is 0 Å². The molecule has 2 saturated heterocycles. The van der Waals surface area contributed by atoms with Crippen molar-refractivity contribution in [2.75, 3.05) is 6.54 Å². The first kappa shape index (κ1) is 25.7. The van der Waals surface area contributed by atoms with Crippen molar-refractivity contribution in [2.24, 2.45) is 17.8 Å². The fourth-order valence-electron chi connectivity index (χ4n) is 6.75. The lowest BCUT2D eigenvalue weighted by Crippen LogP contribution is -2.46. The zero-order valence-corrected chi connectivity index (χ0v) is 21.9. The predicted molar refractivity (Wildman–Crippen MR) is 146 cm³/mol. The summed E-state index contributed by atoms with van der Waals surface area (Å²) in [5.41, 5.74) is 4.57. The molecule has 0 radical (unpaired) electrons. The van der Waals surface area contributed by atoms with Gasteiger partial charge in [-0.2, -0.15) is 0 Å². The number of aromatic hydroxyl groups is 1. The van der Waals surface area contributed by atoms with Crippen molar-refractivity contribution in [1.82, 2.24) is 4.90 Å². The number of phenols is 1. The third-order valence-electron chi connectivity index (χ3n) is 8.47. The third-order valence-corrected chi connectivity index (χ3v) is 8.47. The summed E-state index contributed by atoms with van der Waals surface area (Å²) in [5.74, 6) is -0.702. The van der Waals surface area contributed by atoms with Gasteiger partial charge in [-0.25, -0.2) is 0 Å². The Balaban J connectivity index is 1.39. The second kappa shape index (κ2) is 10.5. The zero-order valence-electron chi connectivity index (χ0n) is 21.9. The summed E-state index contributed by atoms with van der Waals surface area (Å²) in [7, 11) is -0.941. The standard InChI is InChI=1S/C30H36BNO5/c1-4-14-32-29(34)23-15-18(3)27-24(28(23)30(32)35)17-31(36)37-26(27)13-10-19(5-2)16-20-11-12-25(33)22-9-7-6-8-21(20)22/h6-9,11-12,16,23-24,26,28,33,36H,4-5,10,13-15,17H2,1-3H3/b19-16+/t23-,24+,26-,28-/m1/s1. The van der Waals surface area contributed by atoms with Crippen LogP contribution in [0.15, 0.2) is 53.1 Å². The summed E-state index contributed by atoms with van der Waals surface area (Å²) in [6, 6.07) is 11.5. The lowest BCUT2D eigenvalue weighted by molar-refractivity contribution is -0.140.